The highest BCUT2D eigenvalue weighted by Crippen LogP contribution is 2.22. The van der Waals surface area contributed by atoms with Crippen molar-refractivity contribution in [1.82, 2.24) is 5.32 Å². The molecule has 23 heavy (non-hydrogen) atoms. The largest absolute Gasteiger partial charge is 0.508 e. The Bertz CT molecular complexity index is 487. The summed E-state index contributed by atoms with van der Waals surface area (Å²) in [5, 5.41) is 12.2. The Kier molecular flexibility index (Phi) is 12.4. The maximum atomic E-state index is 11.5. The minimum Gasteiger partial charge on any atom is -0.508 e. The molecule has 3 heteroatoms. The van der Waals surface area contributed by atoms with E-state index in [-0.39, 0.29) is 11.7 Å². The van der Waals surface area contributed by atoms with Crippen LogP contribution in [0.3, 0.4) is 0 Å². The average molecular weight is 317 g/mol. The van der Waals surface area contributed by atoms with Crippen LogP contribution in [0, 0.1) is 0 Å². The van der Waals surface area contributed by atoms with Crippen LogP contribution in [0.25, 0.3) is 5.57 Å². The molecule has 0 radical (unpaired) electrons. The van der Waals surface area contributed by atoms with Crippen LogP contribution in [-0.4, -0.2) is 17.6 Å². The first-order valence-electron chi connectivity index (χ1n) is 8.61. The molecule has 128 valence electrons. The minimum absolute atomic E-state index is 0.0614. The van der Waals surface area contributed by atoms with Crippen LogP contribution < -0.4 is 5.32 Å². The molecular weight excluding hydrogens is 286 g/mol. The number of hydrogen-bond acceptors (Lipinski definition) is 2. The van der Waals surface area contributed by atoms with Crippen molar-refractivity contribution < 1.29 is 9.90 Å². The monoisotopic (exact) mass is 317 g/mol. The van der Waals surface area contributed by atoms with Crippen molar-refractivity contribution in [2.24, 2.45) is 0 Å². The van der Waals surface area contributed by atoms with Crippen LogP contribution in [0.1, 0.15) is 58.9 Å². The lowest BCUT2D eigenvalue weighted by molar-refractivity contribution is -0.116. The maximum absolute atomic E-state index is 11.5. The Balaban J connectivity index is 0.00000232. The number of aromatic hydroxyl groups is 1. The topological polar surface area (TPSA) is 49.3 Å². The number of nitrogens with one attached hydrogen (secondary N) is 1. The smallest absolute Gasteiger partial charge is 0.243 e. The van der Waals surface area contributed by atoms with Gasteiger partial charge in [-0.2, -0.15) is 0 Å². The van der Waals surface area contributed by atoms with Gasteiger partial charge in [0.25, 0.3) is 0 Å². The van der Waals surface area contributed by atoms with Gasteiger partial charge in [0.2, 0.25) is 5.91 Å². The molecule has 0 heterocycles. The lowest BCUT2D eigenvalue weighted by Gasteiger charge is -2.06. The summed E-state index contributed by atoms with van der Waals surface area (Å²) in [5.41, 5.74) is 2.26. The number of carbonyl (C=O) groups is 1. The third-order valence-electron chi connectivity index (χ3n) is 3.13. The van der Waals surface area contributed by atoms with Gasteiger partial charge in [0.1, 0.15) is 5.75 Å². The number of phenols is 1. The van der Waals surface area contributed by atoms with E-state index in [4.69, 9.17) is 0 Å². The number of amides is 1. The van der Waals surface area contributed by atoms with Crippen molar-refractivity contribution in [2.75, 3.05) is 6.54 Å². The number of carbonyl (C=O) groups excluding carboxylic acids is 1. The van der Waals surface area contributed by atoms with Crippen molar-refractivity contribution >= 4 is 11.5 Å². The summed E-state index contributed by atoms with van der Waals surface area (Å²) < 4.78 is 0. The molecule has 0 bridgehead atoms. The fraction of sp³-hybridized carbons (Fsp3) is 0.450. The van der Waals surface area contributed by atoms with Gasteiger partial charge in [-0.15, -0.1) is 0 Å². The third-order valence-corrected chi connectivity index (χ3v) is 3.13. The highest BCUT2D eigenvalue weighted by Gasteiger charge is 2.01. The van der Waals surface area contributed by atoms with E-state index in [1.54, 1.807) is 24.3 Å². The van der Waals surface area contributed by atoms with Gasteiger partial charge in [0.05, 0.1) is 0 Å². The van der Waals surface area contributed by atoms with E-state index in [1.165, 1.54) is 5.57 Å². The van der Waals surface area contributed by atoms with Crippen LogP contribution in [0.4, 0.5) is 0 Å². The van der Waals surface area contributed by atoms with Gasteiger partial charge in [0, 0.05) is 12.6 Å². The van der Waals surface area contributed by atoms with Crippen LogP contribution in [-0.2, 0) is 4.79 Å². The molecule has 0 aliphatic heterocycles. The second-order valence-electron chi connectivity index (χ2n) is 4.99. The second-order valence-corrected chi connectivity index (χ2v) is 4.99. The molecule has 0 fully saturated rings. The summed E-state index contributed by atoms with van der Waals surface area (Å²) in [6, 6.07) is 7.18. The molecule has 1 rings (SSSR count). The Morgan fingerprint density at radius 3 is 2.35 bits per heavy atom. The van der Waals surface area contributed by atoms with Gasteiger partial charge in [-0.05, 0) is 42.5 Å². The Morgan fingerprint density at radius 1 is 1.13 bits per heavy atom. The lowest BCUT2D eigenvalue weighted by atomic mass is 9.99. The molecule has 0 atom stereocenters. The van der Waals surface area contributed by atoms with E-state index in [0.717, 1.165) is 31.2 Å². The van der Waals surface area contributed by atoms with Gasteiger partial charge < -0.3 is 10.4 Å². The molecule has 1 aromatic carbocycles. The molecule has 0 saturated heterocycles. The summed E-state index contributed by atoms with van der Waals surface area (Å²) in [4.78, 5) is 11.5. The number of benzene rings is 1. The minimum atomic E-state index is -0.0614. The van der Waals surface area contributed by atoms with Gasteiger partial charge in [-0.1, -0.05) is 58.4 Å². The van der Waals surface area contributed by atoms with E-state index < -0.39 is 0 Å². The normalized spacial score (nSPS) is 11.0. The number of allylic oxidation sites excluding steroid dienone is 3. The highest BCUT2D eigenvalue weighted by atomic mass is 16.3. The molecule has 0 aliphatic rings. The predicted octanol–water partition coefficient (Wildman–Crippen LogP) is 5.07. The van der Waals surface area contributed by atoms with Crippen molar-refractivity contribution in [3.63, 3.8) is 0 Å². The molecular formula is C20H31NO2. The Hall–Kier alpha value is -2.03. The van der Waals surface area contributed by atoms with Gasteiger partial charge >= 0.3 is 0 Å². The van der Waals surface area contributed by atoms with Crippen LogP contribution in [0.2, 0.25) is 0 Å². The summed E-state index contributed by atoms with van der Waals surface area (Å²) in [6.45, 7) is 8.88. The molecule has 0 aromatic heterocycles. The quantitative estimate of drug-likeness (QED) is 0.519. The Labute approximate surface area is 141 Å². The van der Waals surface area contributed by atoms with Crippen molar-refractivity contribution in [2.45, 2.75) is 53.4 Å². The van der Waals surface area contributed by atoms with Crippen LogP contribution in [0.15, 0.2) is 42.5 Å². The number of phenolic OH excluding ortho intramolecular Hbond substituents is 1. The first-order chi connectivity index (χ1) is 11.2. The summed E-state index contributed by atoms with van der Waals surface area (Å²) >= 11 is 0. The van der Waals surface area contributed by atoms with E-state index in [0.29, 0.717) is 6.54 Å². The fourth-order valence-corrected chi connectivity index (χ4v) is 1.93. The molecule has 0 spiro atoms. The molecule has 1 aromatic rings. The van der Waals surface area contributed by atoms with Crippen molar-refractivity contribution in [3.8, 4) is 5.75 Å². The zero-order chi connectivity index (χ0) is 17.5. The molecule has 2 N–H and O–H groups in total. The van der Waals surface area contributed by atoms with Crippen molar-refractivity contribution in [1.29, 1.82) is 0 Å². The summed E-state index contributed by atoms with van der Waals surface area (Å²) in [7, 11) is 0. The Morgan fingerprint density at radius 2 is 1.78 bits per heavy atom. The zero-order valence-corrected chi connectivity index (χ0v) is 14.9. The van der Waals surface area contributed by atoms with Gasteiger partial charge in [-0.3, -0.25) is 4.79 Å². The first kappa shape index (κ1) is 21.0. The average Bonchev–Trinajstić information content (AvgIpc) is 2.58. The maximum Gasteiger partial charge on any atom is 0.243 e. The standard InChI is InChI=1S/C18H25NO2.C2H6/c1-3-5-7-15(16-10-12-17(20)13-11-16)8-6-9-18(21)19-14-4-2;1-2/h6,8-13,20H,3-5,7,14H2,1-2H3,(H,19,21);1-2H3/b9-6+,15-8+;. The second kappa shape index (κ2) is 13.6. The molecule has 1 amide bonds. The van der Waals surface area contributed by atoms with Gasteiger partial charge in [-0.25, -0.2) is 0 Å². The summed E-state index contributed by atoms with van der Waals surface area (Å²) in [6.07, 6.45) is 9.45. The summed E-state index contributed by atoms with van der Waals surface area (Å²) in [5.74, 6) is 0.205. The molecule has 0 aliphatic carbocycles. The van der Waals surface area contributed by atoms with E-state index >= 15 is 0 Å². The fourth-order valence-electron chi connectivity index (χ4n) is 1.93. The van der Waals surface area contributed by atoms with Crippen molar-refractivity contribution in [3.05, 3.63) is 48.1 Å². The van der Waals surface area contributed by atoms with E-state index in [2.05, 4.69) is 12.2 Å². The van der Waals surface area contributed by atoms with Gasteiger partial charge in [0.15, 0.2) is 0 Å². The van der Waals surface area contributed by atoms with Crippen LogP contribution in [0.5, 0.6) is 5.75 Å². The zero-order valence-electron chi connectivity index (χ0n) is 14.9. The predicted molar refractivity (Wildman–Crippen MR) is 99.4 cm³/mol. The number of unbranched alkanes of at least 4 members (excludes halogenated alkanes) is 1. The van der Waals surface area contributed by atoms with Crippen LogP contribution >= 0.6 is 0 Å². The molecule has 3 nitrogen and oxygen atoms in total. The van der Waals surface area contributed by atoms with E-state index in [1.807, 2.05) is 39.0 Å². The van der Waals surface area contributed by atoms with E-state index in [9.17, 15) is 9.90 Å². The SMILES string of the molecule is CC.CCCC/C(=C\C=C\C(=O)NCCC)c1ccc(O)cc1. The number of rotatable bonds is 8. The highest BCUT2D eigenvalue weighted by molar-refractivity contribution is 5.88. The lowest BCUT2D eigenvalue weighted by Crippen LogP contribution is -2.21. The first-order valence-corrected chi connectivity index (χ1v) is 8.61. The number of hydrogen-bond donors (Lipinski definition) is 2. The molecule has 0 saturated carbocycles. The molecule has 0 unspecified atom stereocenters. The third kappa shape index (κ3) is 9.56.